The fraction of sp³-hybridized carbons (Fsp3) is 0.857. The summed E-state index contributed by atoms with van der Waals surface area (Å²) >= 11 is 4.04. The Morgan fingerprint density at radius 1 is 0.500 bits per heavy atom. The smallest absolute Gasteiger partial charge is 0.271 e. The average Bonchev–Trinajstić information content (AvgIpc) is 2.88. The van der Waals surface area contributed by atoms with Gasteiger partial charge in [-0.15, -0.1) is 0 Å². The van der Waals surface area contributed by atoms with Gasteiger partial charge in [-0.2, -0.15) is 0 Å². The molecule has 0 unspecified atom stereocenters. The zero-order valence-corrected chi connectivity index (χ0v) is 27.7. The van der Waals surface area contributed by atoms with Gasteiger partial charge in [0.05, 0.1) is 0 Å². The summed E-state index contributed by atoms with van der Waals surface area (Å²) < 4.78 is 6.91. The van der Waals surface area contributed by atoms with E-state index in [0.717, 1.165) is 63.6 Å². The van der Waals surface area contributed by atoms with E-state index in [0.29, 0.717) is 0 Å². The van der Waals surface area contributed by atoms with Gasteiger partial charge in [0.15, 0.2) is 0 Å². The van der Waals surface area contributed by atoms with Gasteiger partial charge in [-0.3, -0.25) is 14.4 Å². The van der Waals surface area contributed by atoms with Crippen molar-refractivity contribution in [2.24, 2.45) is 0 Å². The molecule has 15 heteroatoms. The lowest BCUT2D eigenvalue weighted by atomic mass is 10.2. The average molecular weight is 666 g/mol. The highest BCUT2D eigenvalue weighted by Crippen LogP contribution is 2.42. The first-order valence-corrected chi connectivity index (χ1v) is 21.6. The summed E-state index contributed by atoms with van der Waals surface area (Å²) in [5.41, 5.74) is 0. The Morgan fingerprint density at radius 3 is 1.19 bits per heavy atom. The fourth-order valence-corrected chi connectivity index (χ4v) is 15.3. The Balaban J connectivity index is 1.37. The maximum atomic E-state index is 12.5. The molecule has 0 amide bonds. The molecular weight excluding hydrogens is 631 g/mol. The van der Waals surface area contributed by atoms with Crippen molar-refractivity contribution in [3.63, 3.8) is 0 Å². The van der Waals surface area contributed by atoms with Crippen LogP contribution in [0.4, 0.5) is 14.4 Å². The summed E-state index contributed by atoms with van der Waals surface area (Å²) in [4.78, 5) is 37.3. The first kappa shape index (κ1) is 32.6. The lowest BCUT2D eigenvalue weighted by Crippen LogP contribution is -2.24. The molecule has 3 fully saturated rings. The molecule has 0 N–H and O–H groups in total. The van der Waals surface area contributed by atoms with E-state index in [1.165, 1.54) is 113 Å². The van der Waals surface area contributed by atoms with Crippen LogP contribution in [-0.2, 0) is 0 Å². The van der Waals surface area contributed by atoms with E-state index in [2.05, 4.69) is 12.9 Å². The van der Waals surface area contributed by atoms with E-state index in [-0.39, 0.29) is 18.6 Å². The zero-order valence-electron chi connectivity index (χ0n) is 20.3. The summed E-state index contributed by atoms with van der Waals surface area (Å²) in [6.45, 7) is 5.93. The summed E-state index contributed by atoms with van der Waals surface area (Å²) in [5, 5.41) is 0.177. The van der Waals surface area contributed by atoms with E-state index in [1.54, 1.807) is 32.4 Å². The predicted molar refractivity (Wildman–Crippen MR) is 174 cm³/mol. The number of carbonyl (C=O) groups is 3. The number of nitrogens with zero attached hydrogens (tertiary/aromatic N) is 3. The minimum Gasteiger partial charge on any atom is -0.272 e. The highest BCUT2D eigenvalue weighted by molar-refractivity contribution is 8.88. The summed E-state index contributed by atoms with van der Waals surface area (Å²) in [6.07, 6.45) is 10.8. The first-order valence-electron chi connectivity index (χ1n) is 12.4. The number of hydrogen-bond acceptors (Lipinski definition) is 15. The van der Waals surface area contributed by atoms with Gasteiger partial charge >= 0.3 is 0 Å². The molecule has 3 aliphatic rings. The first-order chi connectivity index (χ1) is 17.6. The summed E-state index contributed by atoms with van der Waals surface area (Å²) in [6, 6.07) is 0. The number of rotatable bonds is 11. The molecular formula is C21H35N3O3S9. The topological polar surface area (TPSA) is 60.9 Å². The van der Waals surface area contributed by atoms with Crippen molar-refractivity contribution in [2.45, 2.75) is 63.0 Å². The highest BCUT2D eigenvalue weighted by Gasteiger charge is 2.22. The minimum atomic E-state index is 0.121. The Hall–Kier alpha value is 2.04. The third-order valence-electron chi connectivity index (χ3n) is 5.57. The molecule has 206 valence electrons. The van der Waals surface area contributed by atoms with Crippen molar-refractivity contribution in [2.75, 3.05) is 50.8 Å². The maximum absolute atomic E-state index is 12.5. The molecule has 0 spiro atoms. The monoisotopic (exact) mass is 665 g/mol. The minimum absolute atomic E-state index is 0.121. The van der Waals surface area contributed by atoms with Crippen LogP contribution in [0.5, 0.6) is 0 Å². The second-order valence-corrected chi connectivity index (χ2v) is 19.6. The largest absolute Gasteiger partial charge is 0.272 e. The quantitative estimate of drug-likeness (QED) is 0.155. The van der Waals surface area contributed by atoms with Crippen LogP contribution >= 0.6 is 101 Å². The normalized spacial score (nSPS) is 20.6. The predicted octanol–water partition coefficient (Wildman–Crippen LogP) is 9.26. The van der Waals surface area contributed by atoms with Crippen molar-refractivity contribution in [1.29, 1.82) is 0 Å². The standard InChI is InChI=1S/C21H35N3O3S9/c25-19(30-22-10-4-1-5-11-22)34-28-16-18(33-36-21(27)32-24-14-8-3-9-15-24)17-29-35-20(26)31-23-12-6-2-7-13-23/h18H,1-17H2. The van der Waals surface area contributed by atoms with E-state index >= 15 is 0 Å². The van der Waals surface area contributed by atoms with Crippen LogP contribution in [0.3, 0.4) is 0 Å². The number of piperidine rings is 3. The highest BCUT2D eigenvalue weighted by atomic mass is 33.1. The number of hydrogen-bond donors (Lipinski definition) is 0. The molecule has 6 nitrogen and oxygen atoms in total. The molecule has 0 aromatic carbocycles. The van der Waals surface area contributed by atoms with Crippen LogP contribution < -0.4 is 0 Å². The van der Waals surface area contributed by atoms with E-state index in [9.17, 15) is 14.4 Å². The molecule has 3 aliphatic heterocycles. The number of carbonyl (C=O) groups excluding carboxylic acids is 3. The van der Waals surface area contributed by atoms with Gasteiger partial charge < -0.3 is 0 Å². The third-order valence-corrected chi connectivity index (χ3v) is 17.1. The van der Waals surface area contributed by atoms with E-state index in [1.807, 2.05) is 0 Å². The van der Waals surface area contributed by atoms with Gasteiger partial charge in [-0.25, -0.2) is 12.9 Å². The second-order valence-electron chi connectivity index (χ2n) is 8.53. The molecule has 3 rings (SSSR count). The maximum Gasteiger partial charge on any atom is 0.271 e. The van der Waals surface area contributed by atoms with E-state index < -0.39 is 0 Å². The molecule has 0 aliphatic carbocycles. The lowest BCUT2D eigenvalue weighted by molar-refractivity contribution is 0.274. The molecule has 0 radical (unpaired) electrons. The van der Waals surface area contributed by atoms with Crippen LogP contribution in [0, 0.1) is 0 Å². The van der Waals surface area contributed by atoms with Gasteiger partial charge in [-0.1, -0.05) is 51.6 Å². The van der Waals surface area contributed by atoms with Gasteiger partial charge in [-0.05, 0) is 70.9 Å². The molecule has 0 saturated carbocycles. The lowest BCUT2D eigenvalue weighted by Gasteiger charge is -2.24. The molecule has 0 aromatic heterocycles. The Labute approximate surface area is 252 Å². The van der Waals surface area contributed by atoms with Gasteiger partial charge in [0.25, 0.3) is 13.3 Å². The SMILES string of the molecule is O=C(SSCC(CSSC(=O)SN1CCCCC1)SSC(=O)SN1CCCCC1)SN1CCCCC1. The van der Waals surface area contributed by atoms with Crippen LogP contribution in [-0.4, -0.2) is 82.3 Å². The van der Waals surface area contributed by atoms with Crippen molar-refractivity contribution < 1.29 is 14.4 Å². The van der Waals surface area contributed by atoms with Crippen LogP contribution in [0.15, 0.2) is 0 Å². The molecule has 36 heavy (non-hydrogen) atoms. The Bertz CT molecular complexity index is 638. The van der Waals surface area contributed by atoms with Crippen molar-refractivity contribution in [3.8, 4) is 0 Å². The van der Waals surface area contributed by atoms with Crippen molar-refractivity contribution in [3.05, 3.63) is 0 Å². The van der Waals surface area contributed by atoms with Crippen molar-refractivity contribution >= 4 is 114 Å². The Morgan fingerprint density at radius 2 is 0.833 bits per heavy atom. The van der Waals surface area contributed by atoms with Crippen LogP contribution in [0.2, 0.25) is 0 Å². The third kappa shape index (κ3) is 14.6. The van der Waals surface area contributed by atoms with Crippen LogP contribution in [0.25, 0.3) is 0 Å². The summed E-state index contributed by atoms with van der Waals surface area (Å²) in [5.74, 6) is 1.52. The Kier molecular flexibility index (Phi) is 18.1. The van der Waals surface area contributed by atoms with Crippen molar-refractivity contribution in [1.82, 2.24) is 12.9 Å². The second kappa shape index (κ2) is 20.0. The molecule has 0 bridgehead atoms. The van der Waals surface area contributed by atoms with Crippen LogP contribution in [0.1, 0.15) is 57.8 Å². The molecule has 3 heterocycles. The van der Waals surface area contributed by atoms with Gasteiger partial charge in [0.2, 0.25) is 0 Å². The molecule has 3 saturated heterocycles. The summed E-state index contributed by atoms with van der Waals surface area (Å²) in [7, 11) is 8.65. The zero-order chi connectivity index (χ0) is 25.4. The van der Waals surface area contributed by atoms with E-state index in [4.69, 9.17) is 0 Å². The molecule has 0 aromatic rings. The fourth-order valence-electron chi connectivity index (χ4n) is 3.76. The van der Waals surface area contributed by atoms with Gasteiger partial charge in [0.1, 0.15) is 0 Å². The van der Waals surface area contributed by atoms with Gasteiger partial charge in [0, 0.05) is 91.9 Å². The molecule has 0 atom stereocenters.